The van der Waals surface area contributed by atoms with Crippen molar-refractivity contribution in [1.29, 1.82) is 0 Å². The molecule has 0 heterocycles. The van der Waals surface area contributed by atoms with Gasteiger partial charge in [0.15, 0.2) is 11.5 Å². The van der Waals surface area contributed by atoms with Gasteiger partial charge in [-0.15, -0.1) is 0 Å². The molecular formula is C12H15NO5. The average molecular weight is 253 g/mol. The molecule has 0 aliphatic rings. The predicted octanol–water partition coefficient (Wildman–Crippen LogP) is 1.23. The van der Waals surface area contributed by atoms with Gasteiger partial charge in [-0.1, -0.05) is 13.5 Å². The van der Waals surface area contributed by atoms with E-state index in [1.807, 2.05) is 6.92 Å². The van der Waals surface area contributed by atoms with E-state index in [0.717, 1.165) is 12.1 Å². The molecule has 5 N–H and O–H groups in total. The molecule has 98 valence electrons. The summed E-state index contributed by atoms with van der Waals surface area (Å²) < 4.78 is 0. The van der Waals surface area contributed by atoms with Crippen LogP contribution in [0.1, 0.15) is 23.7 Å². The highest BCUT2D eigenvalue weighted by atomic mass is 16.4. The van der Waals surface area contributed by atoms with Gasteiger partial charge < -0.3 is 21.1 Å². The first-order valence-corrected chi connectivity index (χ1v) is 5.02. The second kappa shape index (κ2) is 6.95. The Bertz CT molecular complexity index is 468. The Balaban J connectivity index is 0.000000360. The van der Waals surface area contributed by atoms with Crippen molar-refractivity contribution >= 4 is 11.9 Å². The molecule has 0 aliphatic carbocycles. The Labute approximate surface area is 104 Å². The van der Waals surface area contributed by atoms with E-state index in [9.17, 15) is 9.59 Å². The van der Waals surface area contributed by atoms with Gasteiger partial charge in [0.2, 0.25) is 5.91 Å². The summed E-state index contributed by atoms with van der Waals surface area (Å²) in [6.07, 6.45) is 0.648. The van der Waals surface area contributed by atoms with Crippen LogP contribution in [0.5, 0.6) is 11.5 Å². The molecule has 18 heavy (non-hydrogen) atoms. The highest BCUT2D eigenvalue weighted by molar-refractivity contribution is 5.91. The molecule has 1 aromatic carbocycles. The maximum Gasteiger partial charge on any atom is 0.335 e. The number of carbonyl (C=O) groups excluding carboxylic acids is 1. The topological polar surface area (TPSA) is 121 Å². The molecule has 0 saturated carbocycles. The Morgan fingerprint density at radius 2 is 1.83 bits per heavy atom. The van der Waals surface area contributed by atoms with Gasteiger partial charge in [-0.25, -0.2) is 4.79 Å². The zero-order chi connectivity index (χ0) is 14.3. The molecule has 0 spiro atoms. The van der Waals surface area contributed by atoms with Crippen molar-refractivity contribution in [1.82, 2.24) is 0 Å². The number of carbonyl (C=O) groups is 2. The lowest BCUT2D eigenvalue weighted by Crippen LogP contribution is -2.11. The molecule has 6 heteroatoms. The third-order valence-electron chi connectivity index (χ3n) is 2.00. The van der Waals surface area contributed by atoms with E-state index in [0.29, 0.717) is 12.0 Å². The van der Waals surface area contributed by atoms with Gasteiger partial charge in [0.05, 0.1) is 5.56 Å². The lowest BCUT2D eigenvalue weighted by atomic mass is 10.2. The first-order valence-electron chi connectivity index (χ1n) is 5.02. The first-order chi connectivity index (χ1) is 8.29. The highest BCUT2D eigenvalue weighted by Crippen LogP contribution is 2.24. The number of phenols is 2. The number of benzene rings is 1. The van der Waals surface area contributed by atoms with Crippen LogP contribution in [0.15, 0.2) is 30.4 Å². The average Bonchev–Trinajstić information content (AvgIpc) is 2.32. The number of nitrogens with two attached hydrogens (primary N) is 1. The van der Waals surface area contributed by atoms with Crippen LogP contribution in [-0.2, 0) is 4.79 Å². The van der Waals surface area contributed by atoms with Gasteiger partial charge in [0.25, 0.3) is 0 Å². The number of hydrogen-bond acceptors (Lipinski definition) is 4. The van der Waals surface area contributed by atoms with E-state index >= 15 is 0 Å². The number of aromatic hydroxyl groups is 2. The molecule has 1 amide bonds. The van der Waals surface area contributed by atoms with E-state index in [2.05, 4.69) is 6.58 Å². The van der Waals surface area contributed by atoms with Crippen molar-refractivity contribution in [2.24, 2.45) is 5.73 Å². The van der Waals surface area contributed by atoms with Gasteiger partial charge in [0.1, 0.15) is 0 Å². The van der Waals surface area contributed by atoms with Gasteiger partial charge in [0, 0.05) is 5.57 Å². The SMILES string of the molecule is C=C(CC)C(N)=O.O=C(O)c1ccc(O)c(O)c1. The molecule has 0 aliphatic heterocycles. The van der Waals surface area contributed by atoms with Crippen molar-refractivity contribution in [3.63, 3.8) is 0 Å². The standard InChI is InChI=1S/C7H6O4.C5H9NO/c8-5-2-1-4(7(10)11)3-6(5)9;1-3-4(2)5(6)7/h1-3,8-9H,(H,10,11);2-3H2,1H3,(H2,6,7). The summed E-state index contributed by atoms with van der Waals surface area (Å²) in [6, 6.07) is 3.31. The van der Waals surface area contributed by atoms with Crippen LogP contribution >= 0.6 is 0 Å². The second-order valence-corrected chi connectivity index (χ2v) is 3.33. The van der Waals surface area contributed by atoms with E-state index in [1.165, 1.54) is 6.07 Å². The molecule has 6 nitrogen and oxygen atoms in total. The summed E-state index contributed by atoms with van der Waals surface area (Å²) in [7, 11) is 0. The fraction of sp³-hybridized carbons (Fsp3) is 0.167. The number of carboxylic acids is 1. The van der Waals surface area contributed by atoms with Gasteiger partial charge in [-0.05, 0) is 24.6 Å². The Kier molecular flexibility index (Phi) is 5.98. The summed E-state index contributed by atoms with van der Waals surface area (Å²) in [4.78, 5) is 20.3. The Hall–Kier alpha value is -2.50. The summed E-state index contributed by atoms with van der Waals surface area (Å²) in [5.41, 5.74) is 5.24. The molecule has 0 unspecified atom stereocenters. The van der Waals surface area contributed by atoms with Crippen molar-refractivity contribution in [3.05, 3.63) is 35.9 Å². The summed E-state index contributed by atoms with van der Waals surface area (Å²) >= 11 is 0. The monoisotopic (exact) mass is 253 g/mol. The first kappa shape index (κ1) is 15.5. The van der Waals surface area contributed by atoms with Crippen molar-refractivity contribution in [2.45, 2.75) is 13.3 Å². The quantitative estimate of drug-likeness (QED) is 0.477. The largest absolute Gasteiger partial charge is 0.504 e. The second-order valence-electron chi connectivity index (χ2n) is 3.33. The zero-order valence-electron chi connectivity index (χ0n) is 9.88. The Morgan fingerprint density at radius 3 is 2.11 bits per heavy atom. The van der Waals surface area contributed by atoms with Gasteiger partial charge in [-0.3, -0.25) is 4.79 Å². The summed E-state index contributed by atoms with van der Waals surface area (Å²) in [6.45, 7) is 5.24. The lowest BCUT2D eigenvalue weighted by Gasteiger charge is -1.97. The highest BCUT2D eigenvalue weighted by Gasteiger charge is 2.05. The minimum absolute atomic E-state index is 0.0553. The maximum absolute atomic E-state index is 10.3. The smallest absolute Gasteiger partial charge is 0.335 e. The van der Waals surface area contributed by atoms with Gasteiger partial charge >= 0.3 is 5.97 Å². The van der Waals surface area contributed by atoms with Crippen molar-refractivity contribution in [2.75, 3.05) is 0 Å². The normalized spacial score (nSPS) is 8.94. The minimum Gasteiger partial charge on any atom is -0.504 e. The Morgan fingerprint density at radius 1 is 1.28 bits per heavy atom. The fourth-order valence-corrected chi connectivity index (χ4v) is 0.831. The maximum atomic E-state index is 10.3. The number of carboxylic acid groups (broad SMARTS) is 1. The molecule has 1 rings (SSSR count). The van der Waals surface area contributed by atoms with Crippen molar-refractivity contribution in [3.8, 4) is 11.5 Å². The molecule has 1 aromatic rings. The molecule has 0 atom stereocenters. The van der Waals surface area contributed by atoms with Crippen LogP contribution in [0.3, 0.4) is 0 Å². The fourth-order valence-electron chi connectivity index (χ4n) is 0.831. The van der Waals surface area contributed by atoms with E-state index < -0.39 is 17.6 Å². The predicted molar refractivity (Wildman–Crippen MR) is 65.4 cm³/mol. The van der Waals surface area contributed by atoms with Crippen LogP contribution in [0.4, 0.5) is 0 Å². The third-order valence-corrected chi connectivity index (χ3v) is 2.00. The number of rotatable bonds is 3. The minimum atomic E-state index is -1.14. The van der Waals surface area contributed by atoms with E-state index in [4.69, 9.17) is 21.1 Å². The zero-order valence-corrected chi connectivity index (χ0v) is 9.88. The van der Waals surface area contributed by atoms with E-state index in [1.54, 1.807) is 0 Å². The molecule has 0 saturated heterocycles. The molecule has 0 radical (unpaired) electrons. The van der Waals surface area contributed by atoms with Gasteiger partial charge in [-0.2, -0.15) is 0 Å². The number of phenolic OH excluding ortho intramolecular Hbond substituents is 2. The summed E-state index contributed by atoms with van der Waals surface area (Å²) in [5, 5.41) is 26.0. The summed E-state index contributed by atoms with van der Waals surface area (Å²) in [5.74, 6) is -2.29. The molecule has 0 aromatic heterocycles. The molecular weight excluding hydrogens is 238 g/mol. The number of hydrogen-bond donors (Lipinski definition) is 4. The van der Waals surface area contributed by atoms with Crippen LogP contribution in [0.25, 0.3) is 0 Å². The van der Waals surface area contributed by atoms with Crippen molar-refractivity contribution < 1.29 is 24.9 Å². The van der Waals surface area contributed by atoms with Crippen LogP contribution in [0.2, 0.25) is 0 Å². The van der Waals surface area contributed by atoms with Crippen LogP contribution < -0.4 is 5.73 Å². The van der Waals surface area contributed by atoms with Crippen LogP contribution in [0, 0.1) is 0 Å². The number of amides is 1. The number of aromatic carboxylic acids is 1. The number of primary amides is 1. The van der Waals surface area contributed by atoms with Crippen LogP contribution in [-0.4, -0.2) is 27.2 Å². The lowest BCUT2D eigenvalue weighted by molar-refractivity contribution is -0.114. The molecule has 0 fully saturated rings. The molecule has 0 bridgehead atoms. The van der Waals surface area contributed by atoms with E-state index in [-0.39, 0.29) is 11.3 Å². The third kappa shape index (κ3) is 5.02.